The van der Waals surface area contributed by atoms with Crippen LogP contribution < -0.4 is 4.74 Å². The number of aliphatic imine (C=N–C) groups is 2. The predicted molar refractivity (Wildman–Crippen MR) is 119 cm³/mol. The molecule has 1 heterocycles. The Morgan fingerprint density at radius 1 is 1.16 bits per heavy atom. The SMILES string of the molecule is COC(=O)/N=C(SC)/C(=N\c1ccc(-c2noc(C)n2)cc1)c1cc(O)cc(OC)c1. The fourth-order valence-corrected chi connectivity index (χ4v) is 3.15. The van der Waals surface area contributed by atoms with Crippen LogP contribution in [0.1, 0.15) is 11.5 Å². The number of thioether (sulfide) groups is 1. The van der Waals surface area contributed by atoms with E-state index in [1.807, 2.05) is 0 Å². The molecule has 0 saturated heterocycles. The topological polar surface area (TPSA) is 119 Å². The Bertz CT molecular complexity index is 1140. The molecule has 0 unspecified atom stereocenters. The zero-order chi connectivity index (χ0) is 22.4. The van der Waals surface area contributed by atoms with Crippen molar-refractivity contribution >= 4 is 34.3 Å². The van der Waals surface area contributed by atoms with Crippen LogP contribution in [0.5, 0.6) is 11.5 Å². The Morgan fingerprint density at radius 3 is 2.48 bits per heavy atom. The normalized spacial score (nSPS) is 12.0. The summed E-state index contributed by atoms with van der Waals surface area (Å²) < 4.78 is 14.9. The Morgan fingerprint density at radius 2 is 1.90 bits per heavy atom. The molecule has 0 aliphatic carbocycles. The lowest BCUT2D eigenvalue weighted by molar-refractivity contribution is 0.183. The van der Waals surface area contributed by atoms with Gasteiger partial charge in [-0.05, 0) is 42.7 Å². The third kappa shape index (κ3) is 5.48. The van der Waals surface area contributed by atoms with Crippen molar-refractivity contribution in [1.82, 2.24) is 10.1 Å². The molecule has 1 amide bonds. The number of aromatic hydroxyl groups is 1. The number of hydrogen-bond acceptors (Lipinski definition) is 9. The van der Waals surface area contributed by atoms with Gasteiger partial charge in [0.05, 0.1) is 19.9 Å². The number of carbonyl (C=O) groups is 1. The first-order valence-electron chi connectivity index (χ1n) is 9.02. The predicted octanol–water partition coefficient (Wildman–Crippen LogP) is 4.41. The number of aromatic nitrogens is 2. The smallest absolute Gasteiger partial charge is 0.434 e. The van der Waals surface area contributed by atoms with Gasteiger partial charge in [-0.3, -0.25) is 0 Å². The molecule has 0 fully saturated rings. The van der Waals surface area contributed by atoms with Crippen molar-refractivity contribution in [3.8, 4) is 22.9 Å². The zero-order valence-electron chi connectivity index (χ0n) is 17.3. The van der Waals surface area contributed by atoms with Crippen molar-refractivity contribution in [3.05, 3.63) is 53.9 Å². The van der Waals surface area contributed by atoms with Gasteiger partial charge in [-0.2, -0.15) is 9.98 Å². The second-order valence-corrected chi connectivity index (χ2v) is 6.95. The van der Waals surface area contributed by atoms with Crippen molar-refractivity contribution in [3.63, 3.8) is 0 Å². The molecule has 2 aromatic carbocycles. The number of carbonyl (C=O) groups excluding carboxylic acids is 1. The van der Waals surface area contributed by atoms with Crippen LogP contribution in [0.15, 0.2) is 57.0 Å². The number of amides is 1. The number of aryl methyl sites for hydroxylation is 1. The summed E-state index contributed by atoms with van der Waals surface area (Å²) >= 11 is 1.22. The molecule has 1 N–H and O–H groups in total. The molecule has 160 valence electrons. The fourth-order valence-electron chi connectivity index (χ4n) is 2.63. The van der Waals surface area contributed by atoms with Crippen molar-refractivity contribution in [2.75, 3.05) is 20.5 Å². The van der Waals surface area contributed by atoms with E-state index in [0.29, 0.717) is 39.5 Å². The number of ether oxygens (including phenoxy) is 2. The van der Waals surface area contributed by atoms with Crippen LogP contribution in [-0.4, -0.2) is 52.6 Å². The molecule has 9 nitrogen and oxygen atoms in total. The van der Waals surface area contributed by atoms with Gasteiger partial charge >= 0.3 is 6.09 Å². The quantitative estimate of drug-likeness (QED) is 0.458. The van der Waals surface area contributed by atoms with E-state index in [2.05, 4.69) is 24.9 Å². The summed E-state index contributed by atoms with van der Waals surface area (Å²) in [6, 6.07) is 11.8. The van der Waals surface area contributed by atoms with Gasteiger partial charge in [0.15, 0.2) is 0 Å². The summed E-state index contributed by atoms with van der Waals surface area (Å²) in [4.78, 5) is 24.6. The number of phenols is 1. The highest BCUT2D eigenvalue weighted by atomic mass is 32.2. The molecule has 3 aromatic rings. The summed E-state index contributed by atoms with van der Waals surface area (Å²) in [5, 5.41) is 14.3. The van der Waals surface area contributed by atoms with Gasteiger partial charge in [0.2, 0.25) is 11.7 Å². The van der Waals surface area contributed by atoms with Gasteiger partial charge in [0.1, 0.15) is 22.3 Å². The van der Waals surface area contributed by atoms with E-state index in [-0.39, 0.29) is 5.75 Å². The van der Waals surface area contributed by atoms with Crippen LogP contribution in [-0.2, 0) is 4.74 Å². The van der Waals surface area contributed by atoms with Gasteiger partial charge < -0.3 is 19.1 Å². The molecule has 31 heavy (non-hydrogen) atoms. The monoisotopic (exact) mass is 440 g/mol. The summed E-state index contributed by atoms with van der Waals surface area (Å²) in [5.41, 5.74) is 2.25. The van der Waals surface area contributed by atoms with E-state index in [1.54, 1.807) is 43.5 Å². The molecular formula is C21H20N4O5S. The van der Waals surface area contributed by atoms with Crippen molar-refractivity contribution in [2.24, 2.45) is 9.98 Å². The van der Waals surface area contributed by atoms with Crippen LogP contribution in [0, 0.1) is 6.92 Å². The first kappa shape index (κ1) is 22.0. The summed E-state index contributed by atoms with van der Waals surface area (Å²) in [7, 11) is 2.74. The fraction of sp³-hybridized carbons (Fsp3) is 0.190. The Kier molecular flexibility index (Phi) is 7.03. The lowest BCUT2D eigenvalue weighted by atomic mass is 10.1. The first-order chi connectivity index (χ1) is 14.9. The molecule has 0 saturated carbocycles. The third-order valence-corrected chi connectivity index (χ3v) is 4.73. The summed E-state index contributed by atoms with van der Waals surface area (Å²) in [6.45, 7) is 1.72. The maximum Gasteiger partial charge on any atom is 0.434 e. The second-order valence-electron chi connectivity index (χ2n) is 6.16. The first-order valence-corrected chi connectivity index (χ1v) is 10.2. The standard InChI is InChI=1S/C21H20N4O5S/c1-12-22-19(25-30-12)13-5-7-15(8-6-13)23-18(20(31-4)24-21(27)29-3)14-9-16(26)11-17(10-14)28-2/h5-11,26H,1-4H3/b23-18-,24-20-. The molecule has 0 atom stereocenters. The van der Waals surface area contributed by atoms with Crippen LogP contribution >= 0.6 is 11.8 Å². The highest BCUT2D eigenvalue weighted by Gasteiger charge is 2.16. The Balaban J connectivity index is 2.09. The van der Waals surface area contributed by atoms with E-state index in [4.69, 9.17) is 9.26 Å². The Labute approximate surface area is 182 Å². The largest absolute Gasteiger partial charge is 0.508 e. The van der Waals surface area contributed by atoms with Crippen LogP contribution in [0.4, 0.5) is 10.5 Å². The van der Waals surface area contributed by atoms with Crippen LogP contribution in [0.3, 0.4) is 0 Å². The average Bonchev–Trinajstić information content (AvgIpc) is 3.22. The van der Waals surface area contributed by atoms with Gasteiger partial charge in [0, 0.05) is 24.1 Å². The number of rotatable bonds is 5. The minimum Gasteiger partial charge on any atom is -0.508 e. The van der Waals surface area contributed by atoms with E-state index in [0.717, 1.165) is 5.56 Å². The van der Waals surface area contributed by atoms with Gasteiger partial charge in [0.25, 0.3) is 0 Å². The maximum absolute atomic E-state index is 11.8. The lowest BCUT2D eigenvalue weighted by Gasteiger charge is -2.11. The molecule has 0 aliphatic rings. The summed E-state index contributed by atoms with van der Waals surface area (Å²) in [5.74, 6) is 1.37. The lowest BCUT2D eigenvalue weighted by Crippen LogP contribution is -2.14. The number of methoxy groups -OCH3 is 2. The molecule has 0 bridgehead atoms. The van der Waals surface area contributed by atoms with Crippen molar-refractivity contribution < 1.29 is 23.9 Å². The minimum atomic E-state index is -0.757. The second kappa shape index (κ2) is 9.90. The highest BCUT2D eigenvalue weighted by Crippen LogP contribution is 2.26. The Hall–Kier alpha value is -3.66. The molecule has 1 aromatic heterocycles. The maximum atomic E-state index is 11.8. The summed E-state index contributed by atoms with van der Waals surface area (Å²) in [6.07, 6.45) is 1.01. The average molecular weight is 440 g/mol. The van der Waals surface area contributed by atoms with Crippen LogP contribution in [0.25, 0.3) is 11.4 Å². The number of hydrogen-bond donors (Lipinski definition) is 1. The van der Waals surface area contributed by atoms with E-state index in [1.165, 1.54) is 38.1 Å². The van der Waals surface area contributed by atoms with Crippen molar-refractivity contribution in [1.29, 1.82) is 0 Å². The molecule has 0 radical (unpaired) electrons. The van der Waals surface area contributed by atoms with Crippen molar-refractivity contribution in [2.45, 2.75) is 6.92 Å². The van der Waals surface area contributed by atoms with Gasteiger partial charge in [-0.25, -0.2) is 9.79 Å². The highest BCUT2D eigenvalue weighted by molar-refractivity contribution is 8.15. The molecule has 0 aliphatic heterocycles. The van der Waals surface area contributed by atoms with Crippen LogP contribution in [0.2, 0.25) is 0 Å². The number of nitrogens with zero attached hydrogens (tertiary/aromatic N) is 4. The number of phenolic OH excluding ortho intramolecular Hbond substituents is 1. The van der Waals surface area contributed by atoms with E-state index < -0.39 is 6.09 Å². The molecule has 3 rings (SSSR count). The number of benzene rings is 2. The van der Waals surface area contributed by atoms with E-state index in [9.17, 15) is 9.90 Å². The van der Waals surface area contributed by atoms with Gasteiger partial charge in [-0.1, -0.05) is 5.16 Å². The molecular weight excluding hydrogens is 420 g/mol. The minimum absolute atomic E-state index is 0.0107. The molecule has 0 spiro atoms. The zero-order valence-corrected chi connectivity index (χ0v) is 18.1. The third-order valence-electron chi connectivity index (χ3n) is 4.06. The van der Waals surface area contributed by atoms with Gasteiger partial charge in [-0.15, -0.1) is 11.8 Å². The molecule has 10 heteroatoms. The van der Waals surface area contributed by atoms with E-state index >= 15 is 0 Å².